The van der Waals surface area contributed by atoms with Crippen LogP contribution in [0.5, 0.6) is 0 Å². The lowest BCUT2D eigenvalue weighted by molar-refractivity contribution is -0.132. The van der Waals surface area contributed by atoms with Crippen molar-refractivity contribution in [2.75, 3.05) is 19.6 Å². The number of halogens is 1. The largest absolute Gasteiger partial charge is 0.364 e. The minimum absolute atomic E-state index is 0.0297. The average molecular weight is 352 g/mol. The second-order valence-corrected chi connectivity index (χ2v) is 7.18. The number of hydrogen-bond donors (Lipinski definition) is 2. The van der Waals surface area contributed by atoms with Crippen LogP contribution in [0.4, 0.5) is 0 Å². The molecule has 1 aromatic carbocycles. The molecule has 2 heterocycles. The van der Waals surface area contributed by atoms with E-state index >= 15 is 0 Å². The maximum atomic E-state index is 12.3. The van der Waals surface area contributed by atoms with E-state index in [-0.39, 0.29) is 24.2 Å². The van der Waals surface area contributed by atoms with Gasteiger partial charge >= 0.3 is 0 Å². The molecular weight excluding hydrogens is 326 g/mol. The lowest BCUT2D eigenvalue weighted by Gasteiger charge is -2.32. The predicted molar refractivity (Wildman–Crippen MR) is 94.8 cm³/mol. The van der Waals surface area contributed by atoms with E-state index < -0.39 is 0 Å². The van der Waals surface area contributed by atoms with Gasteiger partial charge in [-0.2, -0.15) is 0 Å². The van der Waals surface area contributed by atoms with Crippen LogP contribution in [0.3, 0.4) is 0 Å². The Hall–Kier alpha value is -1.14. The number of nitrogens with one attached hydrogen (secondary N) is 1. The maximum absolute atomic E-state index is 12.3. The van der Waals surface area contributed by atoms with Gasteiger partial charge in [-0.15, -0.1) is 0 Å². The molecule has 0 unspecified atom stereocenters. The first-order valence-electron chi connectivity index (χ1n) is 8.76. The minimum atomic E-state index is -0.314. The van der Waals surface area contributed by atoms with Crippen LogP contribution in [-0.2, 0) is 16.1 Å². The summed E-state index contributed by atoms with van der Waals surface area (Å²) in [6.45, 7) is 3.41. The number of likely N-dealkylation sites (tertiary alicyclic amines) is 1. The fourth-order valence-electron chi connectivity index (χ4n) is 3.45. The highest BCUT2D eigenvalue weighted by Crippen LogP contribution is 2.20. The third-order valence-corrected chi connectivity index (χ3v) is 5.17. The molecule has 2 saturated heterocycles. The van der Waals surface area contributed by atoms with Gasteiger partial charge in [0.25, 0.3) is 0 Å². The summed E-state index contributed by atoms with van der Waals surface area (Å²) in [7, 11) is 0. The number of nitrogens with zero attached hydrogens (tertiary/aromatic N) is 1. The Bertz CT molecular complexity index is 544. The predicted octanol–water partition coefficient (Wildman–Crippen LogP) is 1.93. The molecule has 24 heavy (non-hydrogen) atoms. The summed E-state index contributed by atoms with van der Waals surface area (Å²) < 4.78 is 5.67. The molecule has 2 aliphatic heterocycles. The SMILES string of the molecule is NC[C@H]1CC[C@@H](C(=O)NC2CCN(Cc3ccc(Cl)cc3)CC2)O1. The van der Waals surface area contributed by atoms with Gasteiger partial charge in [-0.05, 0) is 43.4 Å². The number of carbonyl (C=O) groups is 1. The van der Waals surface area contributed by atoms with E-state index in [2.05, 4.69) is 22.3 Å². The van der Waals surface area contributed by atoms with Gasteiger partial charge in [0.15, 0.2) is 0 Å². The highest BCUT2D eigenvalue weighted by atomic mass is 35.5. The number of piperidine rings is 1. The van der Waals surface area contributed by atoms with Crippen LogP contribution in [0.2, 0.25) is 5.02 Å². The Balaban J connectivity index is 1.40. The summed E-state index contributed by atoms with van der Waals surface area (Å²) in [5, 5.41) is 3.92. The minimum Gasteiger partial charge on any atom is -0.364 e. The highest BCUT2D eigenvalue weighted by molar-refractivity contribution is 6.30. The van der Waals surface area contributed by atoms with Gasteiger partial charge in [0, 0.05) is 37.2 Å². The zero-order valence-electron chi connectivity index (χ0n) is 13.9. The van der Waals surface area contributed by atoms with Crippen molar-refractivity contribution >= 4 is 17.5 Å². The second-order valence-electron chi connectivity index (χ2n) is 6.75. The van der Waals surface area contributed by atoms with Gasteiger partial charge < -0.3 is 15.8 Å². The summed E-state index contributed by atoms with van der Waals surface area (Å²) in [6.07, 6.45) is 3.35. The average Bonchev–Trinajstić information content (AvgIpc) is 3.08. The Morgan fingerprint density at radius 1 is 1.21 bits per heavy atom. The van der Waals surface area contributed by atoms with Gasteiger partial charge in [0.2, 0.25) is 5.91 Å². The fourth-order valence-corrected chi connectivity index (χ4v) is 3.58. The number of hydrogen-bond acceptors (Lipinski definition) is 4. The Labute approximate surface area is 148 Å². The number of amides is 1. The monoisotopic (exact) mass is 351 g/mol. The van der Waals surface area contributed by atoms with Crippen molar-refractivity contribution in [3.8, 4) is 0 Å². The molecule has 0 spiro atoms. The fraction of sp³-hybridized carbons (Fsp3) is 0.611. The standard InChI is InChI=1S/C18H26ClN3O2/c19-14-3-1-13(2-4-14)12-22-9-7-15(8-10-22)21-18(23)17-6-5-16(11-20)24-17/h1-4,15-17H,5-12,20H2,(H,21,23)/t16-,17+/m1/s1. The summed E-state index contributed by atoms with van der Waals surface area (Å²) in [6, 6.07) is 8.25. The van der Waals surface area contributed by atoms with E-state index in [1.54, 1.807) is 0 Å². The van der Waals surface area contributed by atoms with Crippen LogP contribution in [-0.4, -0.2) is 48.7 Å². The number of ether oxygens (including phenoxy) is 1. The van der Waals surface area contributed by atoms with Gasteiger partial charge in [-0.3, -0.25) is 9.69 Å². The van der Waals surface area contributed by atoms with Crippen molar-refractivity contribution in [1.29, 1.82) is 0 Å². The van der Waals surface area contributed by atoms with Gasteiger partial charge in [-0.1, -0.05) is 23.7 Å². The van der Waals surface area contributed by atoms with Crippen LogP contribution in [0.1, 0.15) is 31.2 Å². The summed E-state index contributed by atoms with van der Waals surface area (Å²) in [4.78, 5) is 14.7. The molecule has 0 aliphatic carbocycles. The molecule has 6 heteroatoms. The topological polar surface area (TPSA) is 67.6 Å². The number of nitrogens with two attached hydrogens (primary N) is 1. The molecule has 2 aliphatic rings. The van der Waals surface area contributed by atoms with Gasteiger partial charge in [-0.25, -0.2) is 0 Å². The van der Waals surface area contributed by atoms with Crippen LogP contribution in [0.15, 0.2) is 24.3 Å². The molecule has 0 bridgehead atoms. The van der Waals surface area contributed by atoms with Gasteiger partial charge in [0.05, 0.1) is 6.10 Å². The van der Waals surface area contributed by atoms with Crippen molar-refractivity contribution in [3.63, 3.8) is 0 Å². The van der Waals surface area contributed by atoms with E-state index in [0.29, 0.717) is 6.54 Å². The first kappa shape index (κ1) is 17.7. The Morgan fingerprint density at radius 2 is 1.92 bits per heavy atom. The zero-order chi connectivity index (χ0) is 16.9. The molecule has 1 amide bonds. The van der Waals surface area contributed by atoms with Crippen LogP contribution in [0, 0.1) is 0 Å². The molecule has 0 saturated carbocycles. The quantitative estimate of drug-likeness (QED) is 0.850. The first-order valence-corrected chi connectivity index (χ1v) is 9.14. The normalized spacial score (nSPS) is 25.8. The Kier molecular flexibility index (Phi) is 6.11. The molecule has 3 N–H and O–H groups in total. The van der Waals surface area contributed by atoms with Crippen molar-refractivity contribution in [2.24, 2.45) is 5.73 Å². The summed E-state index contributed by atoms with van der Waals surface area (Å²) in [5.74, 6) is 0.0297. The van der Waals surface area contributed by atoms with E-state index in [0.717, 1.165) is 50.3 Å². The molecule has 0 aromatic heterocycles. The molecule has 132 valence electrons. The van der Waals surface area contributed by atoms with E-state index in [4.69, 9.17) is 22.1 Å². The molecule has 3 rings (SSSR count). The third-order valence-electron chi connectivity index (χ3n) is 4.92. The van der Waals surface area contributed by atoms with E-state index in [1.165, 1.54) is 5.56 Å². The number of rotatable bonds is 5. The maximum Gasteiger partial charge on any atom is 0.249 e. The van der Waals surface area contributed by atoms with Crippen molar-refractivity contribution in [1.82, 2.24) is 10.2 Å². The second kappa shape index (κ2) is 8.30. The first-order chi connectivity index (χ1) is 11.6. The van der Waals surface area contributed by atoms with Crippen LogP contribution in [0.25, 0.3) is 0 Å². The molecular formula is C18H26ClN3O2. The van der Waals surface area contributed by atoms with Crippen molar-refractivity contribution in [2.45, 2.75) is 50.5 Å². The molecule has 1 aromatic rings. The number of carbonyl (C=O) groups excluding carboxylic acids is 1. The molecule has 2 atom stereocenters. The molecule has 0 radical (unpaired) electrons. The van der Waals surface area contributed by atoms with Crippen LogP contribution >= 0.6 is 11.6 Å². The lowest BCUT2D eigenvalue weighted by Crippen LogP contribution is -2.47. The summed E-state index contributed by atoms with van der Waals surface area (Å²) in [5.41, 5.74) is 6.87. The van der Waals surface area contributed by atoms with Crippen molar-refractivity contribution in [3.05, 3.63) is 34.9 Å². The number of benzene rings is 1. The van der Waals surface area contributed by atoms with Gasteiger partial charge in [0.1, 0.15) is 6.10 Å². The Morgan fingerprint density at radius 3 is 2.54 bits per heavy atom. The molecule has 2 fully saturated rings. The third kappa shape index (κ3) is 4.70. The zero-order valence-corrected chi connectivity index (χ0v) is 14.7. The highest BCUT2D eigenvalue weighted by Gasteiger charge is 2.31. The summed E-state index contributed by atoms with van der Waals surface area (Å²) >= 11 is 5.92. The lowest BCUT2D eigenvalue weighted by atomic mass is 10.0. The molecule has 5 nitrogen and oxygen atoms in total. The van der Waals surface area contributed by atoms with E-state index in [9.17, 15) is 4.79 Å². The smallest absolute Gasteiger partial charge is 0.249 e. The van der Waals surface area contributed by atoms with Crippen molar-refractivity contribution < 1.29 is 9.53 Å². The van der Waals surface area contributed by atoms with Crippen LogP contribution < -0.4 is 11.1 Å². The van der Waals surface area contributed by atoms with E-state index in [1.807, 2.05) is 12.1 Å².